The number of fused-ring (bicyclic) bond motifs is 1. The molecule has 192 valence electrons. The van der Waals surface area contributed by atoms with Crippen molar-refractivity contribution in [1.82, 2.24) is 10.2 Å². The fourth-order valence-electron chi connectivity index (χ4n) is 3.37. The number of halogens is 3. The van der Waals surface area contributed by atoms with Gasteiger partial charge in [0.15, 0.2) is 0 Å². The van der Waals surface area contributed by atoms with Gasteiger partial charge in [-0.15, -0.1) is 20.4 Å². The normalized spacial score (nSPS) is 14.3. The molecule has 0 aliphatic carbocycles. The molecule has 0 fully saturated rings. The zero-order valence-electron chi connectivity index (χ0n) is 19.1. The van der Waals surface area contributed by atoms with Gasteiger partial charge >= 0.3 is 21.5 Å². The summed E-state index contributed by atoms with van der Waals surface area (Å²) in [5.74, 6) is -0.666. The second-order valence-corrected chi connectivity index (χ2v) is 10.3. The van der Waals surface area contributed by atoms with Gasteiger partial charge in [-0.3, -0.25) is 4.72 Å². The van der Waals surface area contributed by atoms with Crippen molar-refractivity contribution >= 4 is 49.5 Å². The van der Waals surface area contributed by atoms with Gasteiger partial charge in [0, 0.05) is 18.8 Å². The minimum Gasteiger partial charge on any atom is -0.460 e. The lowest BCUT2D eigenvalue weighted by atomic mass is 10.00. The van der Waals surface area contributed by atoms with E-state index in [-0.39, 0.29) is 28.1 Å². The summed E-state index contributed by atoms with van der Waals surface area (Å²) >= 11 is 0.793. The van der Waals surface area contributed by atoms with E-state index in [1.54, 1.807) is 4.72 Å². The van der Waals surface area contributed by atoms with Gasteiger partial charge in [-0.1, -0.05) is 31.6 Å². The van der Waals surface area contributed by atoms with Gasteiger partial charge in [-0.2, -0.15) is 21.6 Å². The molecule has 0 saturated carbocycles. The van der Waals surface area contributed by atoms with Crippen LogP contribution < -0.4 is 9.62 Å². The van der Waals surface area contributed by atoms with Crippen LogP contribution in [-0.4, -0.2) is 49.8 Å². The van der Waals surface area contributed by atoms with Crippen molar-refractivity contribution < 1.29 is 31.1 Å². The number of nitrogens with zero attached hydrogens (tertiary/aromatic N) is 5. The lowest BCUT2D eigenvalue weighted by molar-refractivity contribution is -0.0429. The highest BCUT2D eigenvalue weighted by atomic mass is 32.2. The molecule has 2 heterocycles. The van der Waals surface area contributed by atoms with Crippen molar-refractivity contribution in [2.24, 2.45) is 10.2 Å². The van der Waals surface area contributed by atoms with E-state index in [0.29, 0.717) is 31.6 Å². The third-order valence-corrected chi connectivity index (χ3v) is 6.90. The standard InChI is InChI=1S/C20H25F3N6O4S2/c1-3-5-10-33-18(30)17-25-27-19(34-17)26-24-14-11-13-7-6-9-29(8-4-2)16(13)12-15(14)28-35(31,32)20(21,22)23/h11-12,28H,3-10H2,1-2H3. The molecule has 10 nitrogen and oxygen atoms in total. The predicted octanol–water partition coefficient (Wildman–Crippen LogP) is 5.33. The fraction of sp³-hybridized carbons (Fsp3) is 0.550. The van der Waals surface area contributed by atoms with Crippen LogP contribution in [0.4, 0.5) is 35.4 Å². The third kappa shape index (κ3) is 6.66. The van der Waals surface area contributed by atoms with Gasteiger partial charge in [0.05, 0.1) is 12.3 Å². The topological polar surface area (TPSA) is 126 Å². The van der Waals surface area contributed by atoms with Crippen molar-refractivity contribution in [3.05, 3.63) is 22.7 Å². The molecule has 0 spiro atoms. The van der Waals surface area contributed by atoms with Crippen molar-refractivity contribution in [1.29, 1.82) is 0 Å². The molecule has 1 aromatic carbocycles. The summed E-state index contributed by atoms with van der Waals surface area (Å²) in [5, 5.41) is 15.1. The monoisotopic (exact) mass is 534 g/mol. The summed E-state index contributed by atoms with van der Waals surface area (Å²) in [6, 6.07) is 2.86. The second-order valence-electron chi connectivity index (χ2n) is 7.72. The summed E-state index contributed by atoms with van der Waals surface area (Å²) < 4.78 is 69.4. The van der Waals surface area contributed by atoms with Gasteiger partial charge in [0.25, 0.3) is 5.13 Å². The van der Waals surface area contributed by atoms with Crippen LogP contribution in [0.5, 0.6) is 0 Å². The Kier molecular flexibility index (Phi) is 8.64. The molecule has 1 aliphatic heterocycles. The van der Waals surface area contributed by atoms with E-state index in [1.807, 2.05) is 18.7 Å². The number of sulfonamides is 1. The average Bonchev–Trinajstić information content (AvgIpc) is 3.26. The van der Waals surface area contributed by atoms with Crippen LogP contribution >= 0.6 is 11.3 Å². The first-order chi connectivity index (χ1) is 16.6. The highest BCUT2D eigenvalue weighted by Crippen LogP contribution is 2.39. The number of anilines is 2. The highest BCUT2D eigenvalue weighted by Gasteiger charge is 2.46. The SMILES string of the molecule is CCCCOC(=O)c1nnc(N=Nc2cc3c(cc2NS(=O)(=O)C(F)(F)F)N(CCC)CCC3)s1. The summed E-state index contributed by atoms with van der Waals surface area (Å²) in [5.41, 5.74) is -4.53. The maximum absolute atomic E-state index is 13.1. The van der Waals surface area contributed by atoms with E-state index in [0.717, 1.165) is 36.2 Å². The highest BCUT2D eigenvalue weighted by molar-refractivity contribution is 7.93. The molecule has 3 rings (SSSR count). The Morgan fingerprint density at radius 3 is 2.69 bits per heavy atom. The summed E-state index contributed by atoms with van der Waals surface area (Å²) in [6.45, 7) is 5.53. The van der Waals surface area contributed by atoms with Crippen molar-refractivity contribution in [3.8, 4) is 0 Å². The number of aromatic nitrogens is 2. The molecule has 0 amide bonds. The van der Waals surface area contributed by atoms with E-state index >= 15 is 0 Å². The molecule has 1 N–H and O–H groups in total. The van der Waals surface area contributed by atoms with Gasteiger partial charge < -0.3 is 9.64 Å². The number of azo groups is 1. The maximum Gasteiger partial charge on any atom is 0.516 e. The lowest BCUT2D eigenvalue weighted by Gasteiger charge is -2.32. The molecule has 15 heteroatoms. The van der Waals surface area contributed by atoms with Gasteiger partial charge in [-0.05, 0) is 43.4 Å². The van der Waals surface area contributed by atoms with Crippen LogP contribution in [0.25, 0.3) is 0 Å². The molecule has 2 aromatic rings. The Hall–Kier alpha value is -2.81. The fourth-order valence-corrected chi connectivity index (χ4v) is 4.50. The molecule has 0 radical (unpaired) electrons. The minimum absolute atomic E-state index is 0.0394. The van der Waals surface area contributed by atoms with Crippen LogP contribution in [-0.2, 0) is 21.2 Å². The number of esters is 1. The Bertz CT molecular complexity index is 1180. The number of alkyl halides is 3. The molecule has 0 atom stereocenters. The van der Waals surface area contributed by atoms with E-state index < -0.39 is 21.5 Å². The summed E-state index contributed by atoms with van der Waals surface area (Å²) in [4.78, 5) is 14.0. The van der Waals surface area contributed by atoms with E-state index in [4.69, 9.17) is 4.74 Å². The van der Waals surface area contributed by atoms with Crippen molar-refractivity contribution in [3.63, 3.8) is 0 Å². The molecule has 35 heavy (non-hydrogen) atoms. The lowest BCUT2D eigenvalue weighted by Crippen LogP contribution is -2.31. The van der Waals surface area contributed by atoms with Gasteiger partial charge in [0.1, 0.15) is 5.69 Å². The number of nitrogens with one attached hydrogen (secondary N) is 1. The number of hydrogen-bond acceptors (Lipinski definition) is 10. The predicted molar refractivity (Wildman–Crippen MR) is 125 cm³/mol. The van der Waals surface area contributed by atoms with Crippen LogP contribution in [0, 0.1) is 0 Å². The van der Waals surface area contributed by atoms with Crippen LogP contribution in [0.1, 0.15) is 54.9 Å². The number of unbranched alkanes of at least 4 members (excludes halogenated alkanes) is 1. The molecule has 1 aliphatic rings. The van der Waals surface area contributed by atoms with E-state index in [2.05, 4.69) is 20.4 Å². The number of rotatable bonds is 10. The Morgan fingerprint density at radius 2 is 2.00 bits per heavy atom. The van der Waals surface area contributed by atoms with Crippen LogP contribution in [0.3, 0.4) is 0 Å². The van der Waals surface area contributed by atoms with Crippen molar-refractivity contribution in [2.45, 2.75) is 51.5 Å². The van der Waals surface area contributed by atoms with E-state index in [9.17, 15) is 26.4 Å². The molecule has 0 bridgehead atoms. The van der Waals surface area contributed by atoms with Crippen LogP contribution in [0.15, 0.2) is 22.4 Å². The Morgan fingerprint density at radius 1 is 1.23 bits per heavy atom. The number of aryl methyl sites for hydroxylation is 1. The quantitative estimate of drug-likeness (QED) is 0.248. The zero-order chi connectivity index (χ0) is 25.6. The maximum atomic E-state index is 13.1. The molecular weight excluding hydrogens is 509 g/mol. The smallest absolute Gasteiger partial charge is 0.460 e. The Labute approximate surface area is 204 Å². The third-order valence-electron chi connectivity index (χ3n) is 5.02. The first-order valence-electron chi connectivity index (χ1n) is 11.0. The average molecular weight is 535 g/mol. The Balaban J connectivity index is 1.93. The number of carbonyl (C=O) groups excluding carboxylic acids is 1. The molecule has 0 saturated heterocycles. The summed E-state index contributed by atoms with van der Waals surface area (Å²) in [6.07, 6.45) is 3.83. The minimum atomic E-state index is -5.69. The molecule has 1 aromatic heterocycles. The second kappa shape index (κ2) is 11.3. The summed E-state index contributed by atoms with van der Waals surface area (Å²) in [7, 11) is -5.69. The van der Waals surface area contributed by atoms with Crippen LogP contribution in [0.2, 0.25) is 0 Å². The van der Waals surface area contributed by atoms with E-state index in [1.165, 1.54) is 12.1 Å². The number of benzene rings is 1. The van der Waals surface area contributed by atoms with Crippen molar-refractivity contribution in [2.75, 3.05) is 29.3 Å². The van der Waals surface area contributed by atoms with Gasteiger partial charge in [0.2, 0.25) is 5.01 Å². The first-order valence-corrected chi connectivity index (χ1v) is 13.3. The zero-order valence-corrected chi connectivity index (χ0v) is 20.8. The largest absolute Gasteiger partial charge is 0.516 e. The number of carbonyl (C=O) groups is 1. The molecular formula is C20H25F3N6O4S2. The number of ether oxygens (including phenoxy) is 1. The first kappa shape index (κ1) is 26.8. The number of hydrogen-bond donors (Lipinski definition) is 1. The van der Waals surface area contributed by atoms with Gasteiger partial charge in [-0.25, -0.2) is 4.79 Å². The molecule has 0 unspecified atom stereocenters.